The number of aryl methyl sites for hydroxylation is 1. The maximum Gasteiger partial charge on any atom is 0.123 e. The van der Waals surface area contributed by atoms with Crippen molar-refractivity contribution in [1.29, 1.82) is 0 Å². The highest BCUT2D eigenvalue weighted by molar-refractivity contribution is 7.13. The van der Waals surface area contributed by atoms with E-state index >= 15 is 0 Å². The lowest BCUT2D eigenvalue weighted by molar-refractivity contribution is 0.627. The minimum absolute atomic E-state index is 0.782. The van der Waals surface area contributed by atoms with Crippen molar-refractivity contribution in [3.63, 3.8) is 0 Å². The fourth-order valence-electron chi connectivity index (χ4n) is 2.08. The summed E-state index contributed by atoms with van der Waals surface area (Å²) in [5.74, 6) is 0. The number of rotatable bonds is 5. The molecule has 0 atom stereocenters. The Labute approximate surface area is 122 Å². The SMILES string of the molecule is CCn1nccc1CNc1ccc(-c2nccs2)cc1. The van der Waals surface area contributed by atoms with Crippen LogP contribution in [0.1, 0.15) is 12.6 Å². The van der Waals surface area contributed by atoms with Crippen LogP contribution in [0.4, 0.5) is 5.69 Å². The number of benzene rings is 1. The van der Waals surface area contributed by atoms with Crippen LogP contribution in [-0.4, -0.2) is 14.8 Å². The molecule has 3 rings (SSSR count). The molecular weight excluding hydrogens is 268 g/mol. The summed E-state index contributed by atoms with van der Waals surface area (Å²) in [6, 6.07) is 10.4. The molecule has 1 aromatic carbocycles. The van der Waals surface area contributed by atoms with Crippen molar-refractivity contribution in [1.82, 2.24) is 14.8 Å². The molecule has 0 aliphatic heterocycles. The fourth-order valence-corrected chi connectivity index (χ4v) is 2.73. The van der Waals surface area contributed by atoms with E-state index in [-0.39, 0.29) is 0 Å². The van der Waals surface area contributed by atoms with Gasteiger partial charge in [0.05, 0.1) is 12.2 Å². The summed E-state index contributed by atoms with van der Waals surface area (Å²) in [6.07, 6.45) is 3.67. The first-order chi connectivity index (χ1) is 9.86. The van der Waals surface area contributed by atoms with Gasteiger partial charge in [0.1, 0.15) is 5.01 Å². The Balaban J connectivity index is 1.67. The normalized spacial score (nSPS) is 10.7. The quantitative estimate of drug-likeness (QED) is 0.778. The van der Waals surface area contributed by atoms with Crippen molar-refractivity contribution in [2.45, 2.75) is 20.0 Å². The van der Waals surface area contributed by atoms with Gasteiger partial charge in [0.2, 0.25) is 0 Å². The average molecular weight is 284 g/mol. The zero-order chi connectivity index (χ0) is 13.8. The molecule has 0 bridgehead atoms. The number of hydrogen-bond donors (Lipinski definition) is 1. The lowest BCUT2D eigenvalue weighted by Gasteiger charge is -2.08. The van der Waals surface area contributed by atoms with E-state index in [1.54, 1.807) is 11.3 Å². The maximum atomic E-state index is 4.31. The highest BCUT2D eigenvalue weighted by Crippen LogP contribution is 2.23. The van der Waals surface area contributed by atoms with Gasteiger partial charge in [0.15, 0.2) is 0 Å². The van der Waals surface area contributed by atoms with E-state index in [1.807, 2.05) is 28.5 Å². The lowest BCUT2D eigenvalue weighted by Crippen LogP contribution is -2.07. The van der Waals surface area contributed by atoms with E-state index in [9.17, 15) is 0 Å². The van der Waals surface area contributed by atoms with Crippen molar-refractivity contribution < 1.29 is 0 Å². The van der Waals surface area contributed by atoms with Crippen LogP contribution in [0.15, 0.2) is 48.1 Å². The van der Waals surface area contributed by atoms with E-state index in [0.717, 1.165) is 29.3 Å². The maximum absolute atomic E-state index is 4.31. The molecule has 20 heavy (non-hydrogen) atoms. The second-order valence-electron chi connectivity index (χ2n) is 4.41. The summed E-state index contributed by atoms with van der Waals surface area (Å²) in [5, 5.41) is 10.7. The van der Waals surface area contributed by atoms with Crippen LogP contribution in [0.3, 0.4) is 0 Å². The van der Waals surface area contributed by atoms with Gasteiger partial charge in [-0.05, 0) is 37.3 Å². The molecule has 0 radical (unpaired) electrons. The summed E-state index contributed by atoms with van der Waals surface area (Å²) >= 11 is 1.66. The van der Waals surface area contributed by atoms with Gasteiger partial charge in [0, 0.05) is 35.6 Å². The van der Waals surface area contributed by atoms with Crippen molar-refractivity contribution in [3.8, 4) is 10.6 Å². The minimum Gasteiger partial charge on any atom is -0.379 e. The van der Waals surface area contributed by atoms with Gasteiger partial charge in [-0.1, -0.05) is 0 Å². The Morgan fingerprint density at radius 3 is 2.70 bits per heavy atom. The van der Waals surface area contributed by atoms with Gasteiger partial charge >= 0.3 is 0 Å². The molecule has 0 saturated carbocycles. The van der Waals surface area contributed by atoms with Crippen LogP contribution in [0.25, 0.3) is 10.6 Å². The lowest BCUT2D eigenvalue weighted by atomic mass is 10.2. The first-order valence-corrected chi connectivity index (χ1v) is 7.49. The van der Waals surface area contributed by atoms with E-state index in [0.29, 0.717) is 0 Å². The van der Waals surface area contributed by atoms with Gasteiger partial charge in [-0.15, -0.1) is 11.3 Å². The van der Waals surface area contributed by atoms with Crippen LogP contribution in [0.2, 0.25) is 0 Å². The highest BCUT2D eigenvalue weighted by atomic mass is 32.1. The molecule has 0 amide bonds. The van der Waals surface area contributed by atoms with Gasteiger partial charge in [-0.25, -0.2) is 4.98 Å². The summed E-state index contributed by atoms with van der Waals surface area (Å²) < 4.78 is 2.00. The van der Waals surface area contributed by atoms with Gasteiger partial charge in [0.25, 0.3) is 0 Å². The Bertz CT molecular complexity index is 656. The van der Waals surface area contributed by atoms with Crippen LogP contribution in [-0.2, 0) is 13.1 Å². The first-order valence-electron chi connectivity index (χ1n) is 6.61. The third-order valence-corrected chi connectivity index (χ3v) is 3.96. The molecule has 3 aromatic rings. The third kappa shape index (κ3) is 2.72. The number of hydrogen-bond acceptors (Lipinski definition) is 4. The molecule has 0 fully saturated rings. The van der Waals surface area contributed by atoms with E-state index in [4.69, 9.17) is 0 Å². The van der Waals surface area contributed by atoms with Crippen molar-refractivity contribution >= 4 is 17.0 Å². The number of nitrogens with zero attached hydrogens (tertiary/aromatic N) is 3. The van der Waals surface area contributed by atoms with E-state index in [2.05, 4.69) is 46.6 Å². The highest BCUT2D eigenvalue weighted by Gasteiger charge is 2.02. The number of nitrogens with one attached hydrogen (secondary N) is 1. The number of aromatic nitrogens is 3. The Kier molecular flexibility index (Phi) is 3.78. The molecule has 0 spiro atoms. The van der Waals surface area contributed by atoms with Gasteiger partial charge in [-0.3, -0.25) is 4.68 Å². The first kappa shape index (κ1) is 12.9. The topological polar surface area (TPSA) is 42.7 Å². The summed E-state index contributed by atoms with van der Waals surface area (Å²) in [4.78, 5) is 4.31. The molecule has 2 aromatic heterocycles. The molecule has 0 unspecified atom stereocenters. The predicted molar refractivity (Wildman–Crippen MR) is 82.8 cm³/mol. The second-order valence-corrected chi connectivity index (χ2v) is 5.30. The monoisotopic (exact) mass is 284 g/mol. The van der Waals surface area contributed by atoms with Crippen LogP contribution < -0.4 is 5.32 Å². The molecular formula is C15H16N4S. The van der Waals surface area contributed by atoms with Crippen LogP contribution in [0.5, 0.6) is 0 Å². The van der Waals surface area contributed by atoms with E-state index < -0.39 is 0 Å². The number of thiazole rings is 1. The Hall–Kier alpha value is -2.14. The zero-order valence-corrected chi connectivity index (χ0v) is 12.1. The van der Waals surface area contributed by atoms with Crippen LogP contribution >= 0.6 is 11.3 Å². The minimum atomic E-state index is 0.782. The third-order valence-electron chi connectivity index (χ3n) is 3.14. The Morgan fingerprint density at radius 1 is 1.15 bits per heavy atom. The van der Waals surface area contributed by atoms with Gasteiger partial charge < -0.3 is 5.32 Å². The molecule has 1 N–H and O–H groups in total. The molecule has 2 heterocycles. The largest absolute Gasteiger partial charge is 0.379 e. The number of anilines is 1. The molecule has 0 aliphatic carbocycles. The van der Waals surface area contributed by atoms with E-state index in [1.165, 1.54) is 5.69 Å². The van der Waals surface area contributed by atoms with Crippen molar-refractivity contribution in [2.75, 3.05) is 5.32 Å². The van der Waals surface area contributed by atoms with Crippen molar-refractivity contribution in [3.05, 3.63) is 53.8 Å². The van der Waals surface area contributed by atoms with Crippen molar-refractivity contribution in [2.24, 2.45) is 0 Å². The second kappa shape index (κ2) is 5.88. The zero-order valence-electron chi connectivity index (χ0n) is 11.3. The summed E-state index contributed by atoms with van der Waals surface area (Å²) in [7, 11) is 0. The molecule has 4 nitrogen and oxygen atoms in total. The Morgan fingerprint density at radius 2 is 2.00 bits per heavy atom. The van der Waals surface area contributed by atoms with Gasteiger partial charge in [-0.2, -0.15) is 5.10 Å². The molecule has 5 heteroatoms. The summed E-state index contributed by atoms with van der Waals surface area (Å²) in [5.41, 5.74) is 3.45. The molecule has 0 saturated heterocycles. The summed E-state index contributed by atoms with van der Waals surface area (Å²) in [6.45, 7) is 3.77. The smallest absolute Gasteiger partial charge is 0.123 e. The standard InChI is InChI=1S/C15H16N4S/c1-2-19-14(7-8-18-19)11-17-13-5-3-12(4-6-13)15-16-9-10-20-15/h3-10,17H,2,11H2,1H3. The van der Waals surface area contributed by atoms with Crippen LogP contribution in [0, 0.1) is 0 Å². The predicted octanol–water partition coefficient (Wildman–Crippen LogP) is 3.64. The molecule has 102 valence electrons. The molecule has 0 aliphatic rings. The fraction of sp³-hybridized carbons (Fsp3) is 0.200. The average Bonchev–Trinajstić information content (AvgIpc) is 3.16.